The molecule has 1 heterocycles. The Morgan fingerprint density at radius 1 is 1.60 bits per heavy atom. The van der Waals surface area contributed by atoms with E-state index in [9.17, 15) is 0 Å². The van der Waals surface area contributed by atoms with Gasteiger partial charge in [-0.15, -0.1) is 0 Å². The number of aliphatic hydroxyl groups excluding tert-OH is 1. The topological polar surface area (TPSA) is 38.0 Å². The molecule has 56 valence electrons. The number of nitrogens with zero attached hydrogens (tertiary/aromatic N) is 2. The molecule has 0 bridgehead atoms. The molecule has 0 fully saturated rings. The molecule has 1 N–H and O–H groups in total. The van der Waals surface area contributed by atoms with Crippen LogP contribution in [-0.2, 0) is 13.7 Å². The largest absolute Gasteiger partial charge is 0.388 e. The summed E-state index contributed by atoms with van der Waals surface area (Å²) in [6, 6.07) is 0. The fourth-order valence-corrected chi connectivity index (χ4v) is 0.992. The number of imidazole rings is 1. The molecule has 1 aromatic heterocycles. The Labute approximate surface area is 68.2 Å². The van der Waals surface area contributed by atoms with Crippen LogP contribution in [-0.4, -0.2) is 14.7 Å². The highest BCUT2D eigenvalue weighted by Gasteiger charge is 2.08. The Hall–Kier alpha value is -0.250. The predicted molar refractivity (Wildman–Crippen MR) is 39.2 cm³/mol. The maximum atomic E-state index is 8.66. The third-order valence-electron chi connectivity index (χ3n) is 1.22. The van der Waals surface area contributed by atoms with Gasteiger partial charge in [0.1, 0.15) is 17.6 Å². The van der Waals surface area contributed by atoms with Crippen molar-refractivity contribution in [3.63, 3.8) is 0 Å². The highest BCUT2D eigenvalue weighted by molar-refractivity contribution is 6.40. The first-order chi connectivity index (χ1) is 4.66. The van der Waals surface area contributed by atoms with Gasteiger partial charge in [0.05, 0.1) is 0 Å². The lowest BCUT2D eigenvalue weighted by Crippen LogP contribution is -1.96. The van der Waals surface area contributed by atoms with Crippen molar-refractivity contribution in [2.75, 3.05) is 0 Å². The van der Waals surface area contributed by atoms with Crippen LogP contribution in [0, 0.1) is 0 Å². The van der Waals surface area contributed by atoms with E-state index in [-0.39, 0.29) is 11.8 Å². The van der Waals surface area contributed by atoms with Crippen LogP contribution in [0.15, 0.2) is 0 Å². The predicted octanol–water partition coefficient (Wildman–Crippen LogP) is 1.22. The zero-order valence-corrected chi connectivity index (χ0v) is 6.82. The first-order valence-electron chi connectivity index (χ1n) is 2.64. The number of hydrogen-bond acceptors (Lipinski definition) is 2. The second kappa shape index (κ2) is 2.78. The molecule has 5 heteroatoms. The Bertz CT molecular complexity index is 246. The first kappa shape index (κ1) is 7.85. The summed E-state index contributed by atoms with van der Waals surface area (Å²) in [4.78, 5) is 3.77. The maximum Gasteiger partial charge on any atom is 0.166 e. The average molecular weight is 181 g/mol. The normalized spacial score (nSPS) is 10.4. The summed E-state index contributed by atoms with van der Waals surface area (Å²) < 4.78 is 1.53. The van der Waals surface area contributed by atoms with E-state index in [2.05, 4.69) is 4.98 Å². The fraction of sp³-hybridized carbons (Fsp3) is 0.400. The third-order valence-corrected chi connectivity index (χ3v) is 2.01. The number of hydrogen-bond donors (Lipinski definition) is 1. The van der Waals surface area contributed by atoms with E-state index in [4.69, 9.17) is 28.3 Å². The van der Waals surface area contributed by atoms with Gasteiger partial charge in [0.25, 0.3) is 0 Å². The average Bonchev–Trinajstić information content (AvgIpc) is 2.17. The molecule has 3 nitrogen and oxygen atoms in total. The second-order valence-corrected chi connectivity index (χ2v) is 2.54. The van der Waals surface area contributed by atoms with Crippen molar-refractivity contribution in [1.29, 1.82) is 0 Å². The Morgan fingerprint density at radius 3 is 2.40 bits per heavy atom. The summed E-state index contributed by atoms with van der Waals surface area (Å²) in [5.41, 5.74) is 0. The van der Waals surface area contributed by atoms with Crippen LogP contribution >= 0.6 is 23.2 Å². The summed E-state index contributed by atoms with van der Waals surface area (Å²) in [7, 11) is 1.69. The van der Waals surface area contributed by atoms with Crippen LogP contribution in [0.5, 0.6) is 0 Å². The van der Waals surface area contributed by atoms with Gasteiger partial charge in [-0.25, -0.2) is 4.98 Å². The van der Waals surface area contributed by atoms with Crippen LogP contribution in [0.4, 0.5) is 0 Å². The lowest BCUT2D eigenvalue weighted by atomic mass is 10.6. The van der Waals surface area contributed by atoms with Crippen molar-refractivity contribution in [2.45, 2.75) is 6.61 Å². The molecule has 1 aromatic rings. The first-order valence-corrected chi connectivity index (χ1v) is 3.40. The van der Waals surface area contributed by atoms with E-state index in [0.717, 1.165) is 0 Å². The molecule has 0 saturated carbocycles. The van der Waals surface area contributed by atoms with Crippen molar-refractivity contribution >= 4 is 23.2 Å². The van der Waals surface area contributed by atoms with E-state index in [1.807, 2.05) is 0 Å². The van der Waals surface area contributed by atoms with E-state index in [0.29, 0.717) is 11.0 Å². The lowest BCUT2D eigenvalue weighted by molar-refractivity contribution is 0.267. The van der Waals surface area contributed by atoms with Crippen molar-refractivity contribution in [2.24, 2.45) is 7.05 Å². The summed E-state index contributed by atoms with van der Waals surface area (Å²) in [5, 5.41) is 9.24. The van der Waals surface area contributed by atoms with Gasteiger partial charge >= 0.3 is 0 Å². The lowest BCUT2D eigenvalue weighted by Gasteiger charge is -1.95. The van der Waals surface area contributed by atoms with Crippen LogP contribution in [0.2, 0.25) is 10.3 Å². The van der Waals surface area contributed by atoms with Crippen LogP contribution in [0.3, 0.4) is 0 Å². The summed E-state index contributed by atoms with van der Waals surface area (Å²) in [5.74, 6) is 0.468. The van der Waals surface area contributed by atoms with E-state index in [1.54, 1.807) is 7.05 Å². The zero-order valence-electron chi connectivity index (χ0n) is 5.30. The zero-order chi connectivity index (χ0) is 7.72. The maximum absolute atomic E-state index is 8.66. The molecule has 0 aliphatic rings. The van der Waals surface area contributed by atoms with Gasteiger partial charge in [0.15, 0.2) is 5.15 Å². The van der Waals surface area contributed by atoms with Gasteiger partial charge in [-0.2, -0.15) is 0 Å². The molecular weight excluding hydrogens is 175 g/mol. The Kier molecular flexibility index (Phi) is 2.18. The van der Waals surface area contributed by atoms with Crippen LogP contribution in [0.1, 0.15) is 5.82 Å². The van der Waals surface area contributed by atoms with Crippen molar-refractivity contribution in [3.8, 4) is 0 Å². The van der Waals surface area contributed by atoms with E-state index < -0.39 is 0 Å². The van der Waals surface area contributed by atoms with Gasteiger partial charge in [0.2, 0.25) is 0 Å². The Balaban J connectivity index is 3.17. The highest BCUT2D eigenvalue weighted by Crippen LogP contribution is 2.20. The van der Waals surface area contributed by atoms with Gasteiger partial charge in [-0.3, -0.25) is 0 Å². The molecule has 0 aliphatic heterocycles. The minimum Gasteiger partial charge on any atom is -0.388 e. The summed E-state index contributed by atoms with van der Waals surface area (Å²) in [6.07, 6.45) is 0. The number of rotatable bonds is 1. The molecule has 0 aromatic carbocycles. The van der Waals surface area contributed by atoms with Gasteiger partial charge in [-0.1, -0.05) is 23.2 Å². The SMILES string of the molecule is Cn1c(CO)nc(Cl)c1Cl. The van der Waals surface area contributed by atoms with Gasteiger partial charge in [-0.05, 0) is 0 Å². The molecular formula is C5H6Cl2N2O. The fourth-order valence-electron chi connectivity index (χ4n) is 0.628. The minimum absolute atomic E-state index is 0.150. The molecule has 0 unspecified atom stereocenters. The molecule has 0 radical (unpaired) electrons. The van der Waals surface area contributed by atoms with Crippen molar-refractivity contribution in [3.05, 3.63) is 16.1 Å². The monoisotopic (exact) mass is 180 g/mol. The van der Waals surface area contributed by atoms with Crippen molar-refractivity contribution in [1.82, 2.24) is 9.55 Å². The van der Waals surface area contributed by atoms with Crippen LogP contribution in [0.25, 0.3) is 0 Å². The summed E-state index contributed by atoms with van der Waals surface area (Å²) in [6.45, 7) is -0.150. The number of aromatic nitrogens is 2. The molecule has 0 atom stereocenters. The quantitative estimate of drug-likeness (QED) is 0.707. The molecule has 0 amide bonds. The smallest absolute Gasteiger partial charge is 0.166 e. The molecule has 0 saturated heterocycles. The number of aliphatic hydroxyl groups is 1. The van der Waals surface area contributed by atoms with Gasteiger partial charge in [0, 0.05) is 7.05 Å². The Morgan fingerprint density at radius 2 is 2.20 bits per heavy atom. The van der Waals surface area contributed by atoms with Crippen LogP contribution < -0.4 is 0 Å². The molecule has 10 heavy (non-hydrogen) atoms. The minimum atomic E-state index is -0.150. The standard InChI is InChI=1S/C5H6Cl2N2O/c1-9-3(2-10)8-4(6)5(9)7/h10H,2H2,1H3. The second-order valence-electron chi connectivity index (χ2n) is 1.83. The van der Waals surface area contributed by atoms with Crippen molar-refractivity contribution < 1.29 is 5.11 Å². The molecule has 0 spiro atoms. The summed E-state index contributed by atoms with van der Waals surface area (Å²) >= 11 is 11.2. The molecule has 1 rings (SSSR count). The third kappa shape index (κ3) is 1.12. The highest BCUT2D eigenvalue weighted by atomic mass is 35.5. The molecule has 0 aliphatic carbocycles. The number of halogens is 2. The van der Waals surface area contributed by atoms with Gasteiger partial charge < -0.3 is 9.67 Å². The van der Waals surface area contributed by atoms with E-state index in [1.165, 1.54) is 4.57 Å². The van der Waals surface area contributed by atoms with E-state index >= 15 is 0 Å².